The van der Waals surface area contributed by atoms with Crippen LogP contribution < -0.4 is 5.32 Å². The van der Waals surface area contributed by atoms with Gasteiger partial charge in [0, 0.05) is 7.05 Å². The maximum absolute atomic E-state index is 12.6. The standard InChI is InChI=1S/C18H19ClN2O4S/c1-3-26(24,25)16-11-7-4-8-13(16)18(23)21(2)12-17(22)20-15-10-6-5-9-14(15)19/h4-11H,3,12H2,1-2H3,(H,20,22). The molecule has 1 N–H and O–H groups in total. The number of carbonyl (C=O) groups excluding carboxylic acids is 2. The van der Waals surface area contributed by atoms with Gasteiger partial charge in [0.25, 0.3) is 5.91 Å². The van der Waals surface area contributed by atoms with E-state index in [0.717, 1.165) is 4.90 Å². The number of hydrogen-bond acceptors (Lipinski definition) is 4. The SMILES string of the molecule is CCS(=O)(=O)c1ccccc1C(=O)N(C)CC(=O)Nc1ccccc1Cl. The Kier molecular flexibility index (Phi) is 6.39. The van der Waals surface area contributed by atoms with Crippen LogP contribution >= 0.6 is 11.6 Å². The number of halogens is 1. The minimum Gasteiger partial charge on any atom is -0.332 e. The lowest BCUT2D eigenvalue weighted by Gasteiger charge is -2.19. The molecule has 138 valence electrons. The Morgan fingerprint density at radius 2 is 1.69 bits per heavy atom. The van der Waals surface area contributed by atoms with Gasteiger partial charge in [0.05, 0.1) is 33.5 Å². The summed E-state index contributed by atoms with van der Waals surface area (Å²) in [4.78, 5) is 25.9. The van der Waals surface area contributed by atoms with Crippen molar-refractivity contribution in [3.63, 3.8) is 0 Å². The average molecular weight is 395 g/mol. The van der Waals surface area contributed by atoms with Crippen LogP contribution in [0.3, 0.4) is 0 Å². The summed E-state index contributed by atoms with van der Waals surface area (Å²) in [5, 5.41) is 3.00. The summed E-state index contributed by atoms with van der Waals surface area (Å²) in [7, 11) is -2.12. The third-order valence-corrected chi connectivity index (χ3v) is 5.82. The first-order valence-corrected chi connectivity index (χ1v) is 9.91. The van der Waals surface area contributed by atoms with Crippen LogP contribution in [0.25, 0.3) is 0 Å². The molecule has 0 spiro atoms. The average Bonchev–Trinajstić information content (AvgIpc) is 2.63. The zero-order valence-electron chi connectivity index (χ0n) is 14.4. The number of hydrogen-bond donors (Lipinski definition) is 1. The zero-order chi connectivity index (χ0) is 19.3. The van der Waals surface area contributed by atoms with Crippen molar-refractivity contribution in [2.24, 2.45) is 0 Å². The van der Waals surface area contributed by atoms with E-state index < -0.39 is 21.7 Å². The molecule has 26 heavy (non-hydrogen) atoms. The highest BCUT2D eigenvalue weighted by Crippen LogP contribution is 2.21. The molecule has 6 nitrogen and oxygen atoms in total. The number of para-hydroxylation sites is 1. The summed E-state index contributed by atoms with van der Waals surface area (Å²) < 4.78 is 24.4. The number of likely N-dealkylation sites (N-methyl/N-ethyl adjacent to an activating group) is 1. The van der Waals surface area contributed by atoms with Crippen LogP contribution in [-0.2, 0) is 14.6 Å². The van der Waals surface area contributed by atoms with Crippen molar-refractivity contribution in [2.45, 2.75) is 11.8 Å². The summed E-state index contributed by atoms with van der Waals surface area (Å²) in [6.07, 6.45) is 0. The number of carbonyl (C=O) groups is 2. The van der Waals surface area contributed by atoms with Crippen LogP contribution in [-0.4, -0.2) is 44.5 Å². The maximum Gasteiger partial charge on any atom is 0.255 e. The van der Waals surface area contributed by atoms with Gasteiger partial charge in [-0.25, -0.2) is 8.42 Å². The fourth-order valence-electron chi connectivity index (χ4n) is 2.32. The fourth-order valence-corrected chi connectivity index (χ4v) is 3.59. The second-order valence-corrected chi connectivity index (χ2v) is 8.24. The minimum atomic E-state index is -3.56. The Morgan fingerprint density at radius 1 is 1.08 bits per heavy atom. The van der Waals surface area contributed by atoms with Gasteiger partial charge in [-0.15, -0.1) is 0 Å². The highest BCUT2D eigenvalue weighted by Gasteiger charge is 2.23. The predicted octanol–water partition coefficient (Wildman–Crippen LogP) is 2.84. The third kappa shape index (κ3) is 4.62. The van der Waals surface area contributed by atoms with Crippen molar-refractivity contribution >= 4 is 38.9 Å². The Bertz CT molecular complexity index is 928. The Labute approximate surface area is 157 Å². The summed E-state index contributed by atoms with van der Waals surface area (Å²) in [5.41, 5.74) is 0.483. The van der Waals surface area contributed by atoms with Crippen LogP contribution in [0, 0.1) is 0 Å². The van der Waals surface area contributed by atoms with Crippen LogP contribution in [0.15, 0.2) is 53.4 Å². The maximum atomic E-state index is 12.6. The first-order chi connectivity index (χ1) is 12.3. The number of rotatable bonds is 6. The zero-order valence-corrected chi connectivity index (χ0v) is 16.0. The molecule has 0 fully saturated rings. The summed E-state index contributed by atoms with van der Waals surface area (Å²) in [6.45, 7) is 1.27. The van der Waals surface area contributed by atoms with Gasteiger partial charge in [-0.2, -0.15) is 0 Å². The first kappa shape index (κ1) is 19.9. The number of amides is 2. The molecule has 2 aromatic carbocycles. The molecule has 0 aliphatic carbocycles. The molecule has 0 radical (unpaired) electrons. The van der Waals surface area contributed by atoms with E-state index in [1.807, 2.05) is 0 Å². The second-order valence-electron chi connectivity index (χ2n) is 5.59. The summed E-state index contributed by atoms with van der Waals surface area (Å²) in [5.74, 6) is -1.11. The van der Waals surface area contributed by atoms with Crippen molar-refractivity contribution in [3.05, 3.63) is 59.1 Å². The van der Waals surface area contributed by atoms with Gasteiger partial charge in [0.2, 0.25) is 5.91 Å². The number of anilines is 1. The molecule has 0 atom stereocenters. The Balaban J connectivity index is 2.16. The van der Waals surface area contributed by atoms with E-state index in [9.17, 15) is 18.0 Å². The van der Waals surface area contributed by atoms with E-state index in [-0.39, 0.29) is 22.8 Å². The van der Waals surface area contributed by atoms with E-state index >= 15 is 0 Å². The summed E-state index contributed by atoms with van der Waals surface area (Å²) >= 11 is 5.99. The van der Waals surface area contributed by atoms with Gasteiger partial charge < -0.3 is 10.2 Å². The number of benzene rings is 2. The monoisotopic (exact) mass is 394 g/mol. The van der Waals surface area contributed by atoms with E-state index in [2.05, 4.69) is 5.32 Å². The quantitative estimate of drug-likeness (QED) is 0.816. The van der Waals surface area contributed by atoms with Crippen molar-refractivity contribution in [1.82, 2.24) is 4.90 Å². The highest BCUT2D eigenvalue weighted by atomic mass is 35.5. The van der Waals surface area contributed by atoms with Crippen molar-refractivity contribution in [2.75, 3.05) is 24.7 Å². The lowest BCUT2D eigenvalue weighted by Crippen LogP contribution is -2.35. The van der Waals surface area contributed by atoms with Gasteiger partial charge in [-0.05, 0) is 24.3 Å². The topological polar surface area (TPSA) is 83.6 Å². The second kappa shape index (κ2) is 8.33. The lowest BCUT2D eigenvalue weighted by molar-refractivity contribution is -0.116. The van der Waals surface area contributed by atoms with Crippen molar-refractivity contribution in [3.8, 4) is 0 Å². The highest BCUT2D eigenvalue weighted by molar-refractivity contribution is 7.91. The van der Waals surface area contributed by atoms with Gasteiger partial charge in [-0.3, -0.25) is 9.59 Å². The molecular weight excluding hydrogens is 376 g/mol. The molecule has 0 unspecified atom stereocenters. The molecular formula is C18H19ClN2O4S. The predicted molar refractivity (Wildman–Crippen MR) is 101 cm³/mol. The largest absolute Gasteiger partial charge is 0.332 e. The molecule has 0 bridgehead atoms. The normalized spacial score (nSPS) is 11.0. The molecule has 2 rings (SSSR count). The molecule has 0 saturated carbocycles. The van der Waals surface area contributed by atoms with E-state index in [1.165, 1.54) is 26.1 Å². The lowest BCUT2D eigenvalue weighted by atomic mass is 10.2. The molecule has 0 aromatic heterocycles. The van der Waals surface area contributed by atoms with E-state index in [0.29, 0.717) is 10.7 Å². The smallest absolute Gasteiger partial charge is 0.255 e. The van der Waals surface area contributed by atoms with Gasteiger partial charge in [0.15, 0.2) is 9.84 Å². The molecule has 0 heterocycles. The Hall–Kier alpha value is -2.38. The number of nitrogens with zero attached hydrogens (tertiary/aromatic N) is 1. The van der Waals surface area contributed by atoms with Crippen molar-refractivity contribution < 1.29 is 18.0 Å². The van der Waals surface area contributed by atoms with Gasteiger partial charge in [-0.1, -0.05) is 42.8 Å². The van der Waals surface area contributed by atoms with E-state index in [4.69, 9.17) is 11.6 Å². The molecule has 8 heteroatoms. The minimum absolute atomic E-state index is 0.0362. The molecule has 2 aromatic rings. The van der Waals surface area contributed by atoms with Crippen LogP contribution in [0.5, 0.6) is 0 Å². The van der Waals surface area contributed by atoms with Crippen LogP contribution in [0.2, 0.25) is 5.02 Å². The number of nitrogens with one attached hydrogen (secondary N) is 1. The van der Waals surface area contributed by atoms with Crippen LogP contribution in [0.1, 0.15) is 17.3 Å². The Morgan fingerprint density at radius 3 is 2.35 bits per heavy atom. The summed E-state index contributed by atoms with van der Waals surface area (Å²) in [6, 6.07) is 12.7. The van der Waals surface area contributed by atoms with Crippen molar-refractivity contribution in [1.29, 1.82) is 0 Å². The van der Waals surface area contributed by atoms with Gasteiger partial charge >= 0.3 is 0 Å². The molecule has 2 amide bonds. The molecule has 0 aliphatic rings. The van der Waals surface area contributed by atoms with E-state index in [1.54, 1.807) is 36.4 Å². The molecule has 0 aliphatic heterocycles. The third-order valence-electron chi connectivity index (χ3n) is 3.71. The van der Waals surface area contributed by atoms with Crippen LogP contribution in [0.4, 0.5) is 5.69 Å². The number of sulfone groups is 1. The first-order valence-electron chi connectivity index (χ1n) is 7.88. The molecule has 0 saturated heterocycles. The fraction of sp³-hybridized carbons (Fsp3) is 0.222. The van der Waals surface area contributed by atoms with Gasteiger partial charge in [0.1, 0.15) is 0 Å².